The molecule has 4 nitrogen and oxygen atoms in total. The number of hydrogen-bond acceptors (Lipinski definition) is 3. The van der Waals surface area contributed by atoms with Gasteiger partial charge in [-0.2, -0.15) is 5.10 Å². The molecule has 0 radical (unpaired) electrons. The van der Waals surface area contributed by atoms with E-state index in [9.17, 15) is 0 Å². The van der Waals surface area contributed by atoms with Gasteiger partial charge >= 0.3 is 0 Å². The van der Waals surface area contributed by atoms with Crippen LogP contribution in [0, 0.1) is 6.92 Å². The van der Waals surface area contributed by atoms with Gasteiger partial charge in [-0.05, 0) is 37.8 Å². The Morgan fingerprint density at radius 1 is 1.39 bits per heavy atom. The average molecular weight is 246 g/mol. The zero-order valence-electron chi connectivity index (χ0n) is 10.8. The predicted octanol–water partition coefficient (Wildman–Crippen LogP) is 3.05. The molecule has 1 aliphatic heterocycles. The Bertz CT molecular complexity index is 556. The molecule has 0 bridgehead atoms. The summed E-state index contributed by atoms with van der Waals surface area (Å²) in [6.45, 7) is 2.88. The molecule has 2 heterocycles. The molecule has 4 heteroatoms. The highest BCUT2D eigenvalue weighted by molar-refractivity contribution is 5.86. The van der Waals surface area contributed by atoms with Crippen molar-refractivity contribution in [2.75, 3.05) is 13.7 Å². The van der Waals surface area contributed by atoms with Gasteiger partial charge in [0.1, 0.15) is 5.75 Å². The van der Waals surface area contributed by atoms with E-state index in [-0.39, 0.29) is 6.23 Å². The molecule has 1 atom stereocenters. The first-order chi connectivity index (χ1) is 8.81. The Morgan fingerprint density at radius 2 is 2.28 bits per heavy atom. The van der Waals surface area contributed by atoms with Gasteiger partial charge in [-0.25, -0.2) is 4.68 Å². The van der Waals surface area contributed by atoms with Crippen molar-refractivity contribution in [1.82, 2.24) is 9.78 Å². The van der Waals surface area contributed by atoms with Crippen LogP contribution in [0.2, 0.25) is 0 Å². The summed E-state index contributed by atoms with van der Waals surface area (Å²) >= 11 is 0. The van der Waals surface area contributed by atoms with Crippen LogP contribution in [0.5, 0.6) is 5.75 Å². The number of fused-ring (bicyclic) bond motifs is 1. The van der Waals surface area contributed by atoms with E-state index in [1.807, 2.05) is 17.8 Å². The summed E-state index contributed by atoms with van der Waals surface area (Å²) in [5, 5.41) is 5.54. The second kappa shape index (κ2) is 4.61. The molecule has 0 aliphatic carbocycles. The maximum absolute atomic E-state index is 5.79. The lowest BCUT2D eigenvalue weighted by Gasteiger charge is -2.23. The molecule has 1 aromatic carbocycles. The highest BCUT2D eigenvalue weighted by Gasteiger charge is 2.19. The second-order valence-corrected chi connectivity index (χ2v) is 4.76. The van der Waals surface area contributed by atoms with E-state index in [2.05, 4.69) is 17.2 Å². The molecular formula is C14H18N2O2. The molecule has 0 N–H and O–H groups in total. The van der Waals surface area contributed by atoms with E-state index in [1.54, 1.807) is 7.11 Å². The quantitative estimate of drug-likeness (QED) is 0.817. The van der Waals surface area contributed by atoms with Gasteiger partial charge in [0.15, 0.2) is 6.23 Å². The fraction of sp³-hybridized carbons (Fsp3) is 0.500. The normalized spacial score (nSPS) is 20.2. The van der Waals surface area contributed by atoms with Crippen molar-refractivity contribution in [3.8, 4) is 5.75 Å². The Morgan fingerprint density at radius 3 is 3.00 bits per heavy atom. The number of methoxy groups -OCH3 is 1. The van der Waals surface area contributed by atoms with Gasteiger partial charge in [0, 0.05) is 6.61 Å². The van der Waals surface area contributed by atoms with Gasteiger partial charge in [0.05, 0.1) is 24.2 Å². The van der Waals surface area contributed by atoms with E-state index >= 15 is 0 Å². The first kappa shape index (κ1) is 11.5. The fourth-order valence-electron chi connectivity index (χ4n) is 2.62. The third-order valence-corrected chi connectivity index (χ3v) is 3.56. The maximum Gasteiger partial charge on any atom is 0.150 e. The Labute approximate surface area is 106 Å². The zero-order valence-corrected chi connectivity index (χ0v) is 10.8. The van der Waals surface area contributed by atoms with Crippen LogP contribution in [-0.4, -0.2) is 23.5 Å². The topological polar surface area (TPSA) is 36.3 Å². The summed E-state index contributed by atoms with van der Waals surface area (Å²) in [6, 6.07) is 4.17. The van der Waals surface area contributed by atoms with Crippen molar-refractivity contribution in [2.45, 2.75) is 32.4 Å². The van der Waals surface area contributed by atoms with Crippen LogP contribution in [0.4, 0.5) is 0 Å². The van der Waals surface area contributed by atoms with E-state index in [0.717, 1.165) is 41.7 Å². The van der Waals surface area contributed by atoms with Crippen LogP contribution in [0.25, 0.3) is 10.9 Å². The van der Waals surface area contributed by atoms with Crippen LogP contribution in [-0.2, 0) is 4.74 Å². The minimum absolute atomic E-state index is 0.0728. The third-order valence-electron chi connectivity index (χ3n) is 3.56. The lowest BCUT2D eigenvalue weighted by molar-refractivity contribution is -0.0366. The van der Waals surface area contributed by atoms with Gasteiger partial charge < -0.3 is 9.47 Å². The van der Waals surface area contributed by atoms with Gasteiger partial charge in [-0.3, -0.25) is 0 Å². The standard InChI is InChI=1S/C14H18N2O2/c1-10-6-7-12-11(14(10)17-2)9-15-16(12)13-5-3-4-8-18-13/h6-7,9,13H,3-5,8H2,1-2H3. The van der Waals surface area contributed by atoms with Gasteiger partial charge in [-0.1, -0.05) is 6.07 Å². The lowest BCUT2D eigenvalue weighted by Crippen LogP contribution is -2.18. The lowest BCUT2D eigenvalue weighted by atomic mass is 10.1. The van der Waals surface area contributed by atoms with Gasteiger partial charge in [0.2, 0.25) is 0 Å². The fourth-order valence-corrected chi connectivity index (χ4v) is 2.62. The molecule has 96 valence electrons. The van der Waals surface area contributed by atoms with E-state index in [0.29, 0.717) is 0 Å². The Hall–Kier alpha value is -1.55. The first-order valence-electron chi connectivity index (χ1n) is 6.43. The number of rotatable bonds is 2. The number of nitrogens with zero attached hydrogens (tertiary/aromatic N) is 2. The average Bonchev–Trinajstić information content (AvgIpc) is 2.83. The molecule has 0 amide bonds. The van der Waals surface area contributed by atoms with Crippen LogP contribution >= 0.6 is 0 Å². The maximum atomic E-state index is 5.79. The van der Waals surface area contributed by atoms with Crippen molar-refractivity contribution in [3.63, 3.8) is 0 Å². The zero-order chi connectivity index (χ0) is 12.5. The van der Waals surface area contributed by atoms with Gasteiger partial charge in [-0.15, -0.1) is 0 Å². The Kier molecular flexibility index (Phi) is 2.96. The first-order valence-corrected chi connectivity index (χ1v) is 6.43. The van der Waals surface area contributed by atoms with E-state index in [1.165, 1.54) is 6.42 Å². The molecule has 1 aliphatic rings. The third kappa shape index (κ3) is 1.77. The molecule has 3 rings (SSSR count). The summed E-state index contributed by atoms with van der Waals surface area (Å²) in [6.07, 6.45) is 5.34. The van der Waals surface area contributed by atoms with Crippen molar-refractivity contribution in [1.29, 1.82) is 0 Å². The van der Waals surface area contributed by atoms with Crippen LogP contribution in [0.3, 0.4) is 0 Å². The largest absolute Gasteiger partial charge is 0.496 e. The van der Waals surface area contributed by atoms with Crippen LogP contribution in [0.15, 0.2) is 18.3 Å². The van der Waals surface area contributed by atoms with E-state index in [4.69, 9.17) is 9.47 Å². The monoisotopic (exact) mass is 246 g/mol. The minimum Gasteiger partial charge on any atom is -0.496 e. The highest BCUT2D eigenvalue weighted by atomic mass is 16.5. The van der Waals surface area contributed by atoms with Crippen molar-refractivity contribution in [2.24, 2.45) is 0 Å². The predicted molar refractivity (Wildman–Crippen MR) is 69.9 cm³/mol. The van der Waals surface area contributed by atoms with Crippen molar-refractivity contribution in [3.05, 3.63) is 23.9 Å². The number of ether oxygens (including phenoxy) is 2. The molecular weight excluding hydrogens is 228 g/mol. The van der Waals surface area contributed by atoms with Crippen LogP contribution < -0.4 is 4.74 Å². The minimum atomic E-state index is 0.0728. The number of benzene rings is 1. The molecule has 1 unspecified atom stereocenters. The summed E-state index contributed by atoms with van der Waals surface area (Å²) in [5.74, 6) is 0.912. The summed E-state index contributed by atoms with van der Waals surface area (Å²) in [5.41, 5.74) is 2.22. The number of aromatic nitrogens is 2. The molecule has 0 spiro atoms. The number of hydrogen-bond donors (Lipinski definition) is 0. The Balaban J connectivity index is 2.08. The van der Waals surface area contributed by atoms with E-state index < -0.39 is 0 Å². The van der Waals surface area contributed by atoms with Gasteiger partial charge in [0.25, 0.3) is 0 Å². The van der Waals surface area contributed by atoms with Crippen LogP contribution in [0.1, 0.15) is 31.1 Å². The molecule has 0 saturated carbocycles. The molecule has 2 aromatic rings. The molecule has 1 aromatic heterocycles. The highest BCUT2D eigenvalue weighted by Crippen LogP contribution is 2.32. The smallest absolute Gasteiger partial charge is 0.150 e. The number of aryl methyl sites for hydroxylation is 1. The second-order valence-electron chi connectivity index (χ2n) is 4.76. The molecule has 1 fully saturated rings. The molecule has 1 saturated heterocycles. The summed E-state index contributed by atoms with van der Waals surface area (Å²) in [7, 11) is 1.70. The summed E-state index contributed by atoms with van der Waals surface area (Å²) < 4.78 is 13.2. The molecule has 18 heavy (non-hydrogen) atoms. The SMILES string of the molecule is COc1c(C)ccc2c1cnn2C1CCCCO1. The van der Waals surface area contributed by atoms with Crippen molar-refractivity contribution >= 4 is 10.9 Å². The summed E-state index contributed by atoms with van der Waals surface area (Å²) in [4.78, 5) is 0. The van der Waals surface area contributed by atoms with Crippen molar-refractivity contribution < 1.29 is 9.47 Å².